The van der Waals surface area contributed by atoms with Crippen LogP contribution in [-0.4, -0.2) is 40.8 Å². The van der Waals surface area contributed by atoms with Crippen molar-refractivity contribution < 1.29 is 14.6 Å². The van der Waals surface area contributed by atoms with Crippen LogP contribution in [0.2, 0.25) is 5.02 Å². The summed E-state index contributed by atoms with van der Waals surface area (Å²) in [5.74, 6) is 0.488. The van der Waals surface area contributed by atoms with E-state index in [2.05, 4.69) is 50.3 Å². The Morgan fingerprint density at radius 1 is 1.35 bits per heavy atom. The third-order valence-corrected chi connectivity index (χ3v) is 7.45. The lowest BCUT2D eigenvalue weighted by Gasteiger charge is -2.52. The van der Waals surface area contributed by atoms with Crippen LogP contribution in [0.4, 0.5) is 0 Å². The van der Waals surface area contributed by atoms with Gasteiger partial charge in [-0.15, -0.1) is 0 Å². The SMILES string of the molecule is CCN(Cc1ccc(Cl)cc1)C[C@@H](C)[C@@H]1CC[C@@H](C)[C@]2(O)[C][C@@H](OC(C)=O)C(C)=C[C@H]12. The molecule has 1 aromatic rings. The first kappa shape index (κ1) is 24.3. The first-order valence-electron chi connectivity index (χ1n) is 11.5. The molecule has 0 aliphatic heterocycles. The molecule has 0 bridgehead atoms. The van der Waals surface area contributed by atoms with Gasteiger partial charge in [0, 0.05) is 31.0 Å². The lowest BCUT2D eigenvalue weighted by molar-refractivity contribution is -0.148. The van der Waals surface area contributed by atoms with Crippen LogP contribution in [0.1, 0.15) is 53.0 Å². The fraction of sp³-hybridized carbons (Fsp3) is 0.615. The molecule has 0 amide bonds. The highest BCUT2D eigenvalue weighted by Crippen LogP contribution is 2.50. The molecule has 2 radical (unpaired) electrons. The number of carbonyl (C=O) groups excluding carboxylic acids is 1. The number of benzene rings is 1. The summed E-state index contributed by atoms with van der Waals surface area (Å²) in [5.41, 5.74) is 1.15. The van der Waals surface area contributed by atoms with Crippen molar-refractivity contribution in [2.45, 2.75) is 65.7 Å². The van der Waals surface area contributed by atoms with E-state index < -0.39 is 11.7 Å². The van der Waals surface area contributed by atoms with Gasteiger partial charge in [0.2, 0.25) is 0 Å². The van der Waals surface area contributed by atoms with Crippen LogP contribution in [0.15, 0.2) is 35.9 Å². The van der Waals surface area contributed by atoms with E-state index in [1.165, 1.54) is 12.5 Å². The van der Waals surface area contributed by atoms with E-state index in [0.717, 1.165) is 43.1 Å². The van der Waals surface area contributed by atoms with Crippen LogP contribution in [0.5, 0.6) is 0 Å². The average molecular weight is 446 g/mol. The molecule has 0 spiro atoms. The predicted molar refractivity (Wildman–Crippen MR) is 124 cm³/mol. The van der Waals surface area contributed by atoms with Crippen molar-refractivity contribution in [1.29, 1.82) is 0 Å². The van der Waals surface area contributed by atoms with Crippen molar-refractivity contribution in [3.8, 4) is 0 Å². The Morgan fingerprint density at radius 3 is 2.65 bits per heavy atom. The maximum Gasteiger partial charge on any atom is 0.303 e. The molecule has 4 nitrogen and oxygen atoms in total. The van der Waals surface area contributed by atoms with Crippen LogP contribution in [0, 0.1) is 30.1 Å². The zero-order valence-electron chi connectivity index (χ0n) is 19.4. The van der Waals surface area contributed by atoms with Gasteiger partial charge in [0.05, 0.1) is 12.0 Å². The number of aliphatic hydroxyl groups is 1. The summed E-state index contributed by atoms with van der Waals surface area (Å²) in [6.07, 6.45) is 6.89. The third-order valence-electron chi connectivity index (χ3n) is 7.20. The molecule has 3 rings (SSSR count). The summed E-state index contributed by atoms with van der Waals surface area (Å²) in [5, 5.41) is 12.4. The normalized spacial score (nSPS) is 31.7. The Balaban J connectivity index is 1.75. The summed E-state index contributed by atoms with van der Waals surface area (Å²) in [7, 11) is 0. The first-order valence-corrected chi connectivity index (χ1v) is 11.8. The third kappa shape index (κ3) is 5.53. The van der Waals surface area contributed by atoms with E-state index in [0.29, 0.717) is 11.8 Å². The smallest absolute Gasteiger partial charge is 0.303 e. The molecular formula is C26H36ClNO3. The fourth-order valence-corrected chi connectivity index (χ4v) is 5.43. The quantitative estimate of drug-likeness (QED) is 0.465. The highest BCUT2D eigenvalue weighted by molar-refractivity contribution is 6.30. The highest BCUT2D eigenvalue weighted by atomic mass is 35.5. The molecule has 1 fully saturated rings. The van der Waals surface area contributed by atoms with E-state index in [1.54, 1.807) is 0 Å². The van der Waals surface area contributed by atoms with Crippen LogP contribution in [0.3, 0.4) is 0 Å². The number of fused-ring (bicyclic) bond motifs is 1. The monoisotopic (exact) mass is 445 g/mol. The molecule has 2 aliphatic rings. The summed E-state index contributed by atoms with van der Waals surface area (Å²) < 4.78 is 5.42. The molecule has 0 saturated heterocycles. The first-order chi connectivity index (χ1) is 14.6. The minimum absolute atomic E-state index is 0.00713. The topological polar surface area (TPSA) is 49.8 Å². The molecule has 0 heterocycles. The van der Waals surface area contributed by atoms with Crippen LogP contribution < -0.4 is 0 Å². The van der Waals surface area contributed by atoms with Gasteiger partial charge in [-0.1, -0.05) is 50.6 Å². The van der Waals surface area contributed by atoms with Gasteiger partial charge in [0.1, 0.15) is 6.10 Å². The van der Waals surface area contributed by atoms with Gasteiger partial charge in [-0.3, -0.25) is 9.69 Å². The summed E-state index contributed by atoms with van der Waals surface area (Å²) in [6.45, 7) is 12.8. The van der Waals surface area contributed by atoms with E-state index in [9.17, 15) is 9.90 Å². The molecule has 170 valence electrons. The lowest BCUT2D eigenvalue weighted by Crippen LogP contribution is -2.56. The summed E-state index contributed by atoms with van der Waals surface area (Å²) in [4.78, 5) is 14.0. The van der Waals surface area contributed by atoms with Crippen molar-refractivity contribution in [1.82, 2.24) is 4.90 Å². The Hall–Kier alpha value is -1.36. The second-order valence-corrected chi connectivity index (χ2v) is 9.91. The van der Waals surface area contributed by atoms with Gasteiger partial charge >= 0.3 is 5.97 Å². The number of rotatable bonds is 7. The molecule has 31 heavy (non-hydrogen) atoms. The van der Waals surface area contributed by atoms with E-state index in [1.807, 2.05) is 19.1 Å². The average Bonchev–Trinajstić information content (AvgIpc) is 2.71. The minimum Gasteiger partial charge on any atom is -0.457 e. The number of nitrogens with zero attached hydrogens (tertiary/aromatic N) is 1. The zero-order chi connectivity index (χ0) is 22.8. The van der Waals surface area contributed by atoms with Gasteiger partial charge in [0.25, 0.3) is 0 Å². The van der Waals surface area contributed by atoms with Gasteiger partial charge in [-0.05, 0) is 67.3 Å². The number of carbonyl (C=O) groups is 1. The van der Waals surface area contributed by atoms with E-state index in [4.69, 9.17) is 16.3 Å². The largest absolute Gasteiger partial charge is 0.457 e. The number of halogens is 1. The Bertz CT molecular complexity index is 792. The molecule has 0 aromatic heterocycles. The molecular weight excluding hydrogens is 410 g/mol. The van der Waals surface area contributed by atoms with Crippen molar-refractivity contribution in [3.05, 3.63) is 52.9 Å². The van der Waals surface area contributed by atoms with Crippen LogP contribution in [-0.2, 0) is 16.1 Å². The lowest BCUT2D eigenvalue weighted by atomic mass is 9.57. The molecule has 1 saturated carbocycles. The minimum atomic E-state index is -1.07. The number of ether oxygens (including phenoxy) is 1. The highest BCUT2D eigenvalue weighted by Gasteiger charge is 2.53. The second kappa shape index (κ2) is 10.1. The number of hydrogen-bond donors (Lipinski definition) is 1. The second-order valence-electron chi connectivity index (χ2n) is 9.47. The standard InChI is InChI=1S/C26H36ClNO3/c1-6-28(16-21-8-10-22(27)11-9-21)15-18(3)23-12-7-19(4)26(30)14-25(31-20(5)29)17(2)13-24(23)26/h8-11,13,18-19,23-25,30H,6-7,12,15-16H2,1-5H3/t18-,19-,23+,24-,25-,26-/m1/s1. The van der Waals surface area contributed by atoms with E-state index in [-0.39, 0.29) is 17.8 Å². The van der Waals surface area contributed by atoms with E-state index >= 15 is 0 Å². The maximum atomic E-state index is 11.7. The molecule has 2 aliphatic carbocycles. The zero-order valence-corrected chi connectivity index (χ0v) is 20.2. The summed E-state index contributed by atoms with van der Waals surface area (Å²) >= 11 is 6.03. The Kier molecular flexibility index (Phi) is 7.88. The number of esters is 1. The fourth-order valence-electron chi connectivity index (χ4n) is 5.30. The predicted octanol–water partition coefficient (Wildman–Crippen LogP) is 5.16. The molecule has 6 atom stereocenters. The van der Waals surface area contributed by atoms with Crippen molar-refractivity contribution in [3.63, 3.8) is 0 Å². The molecule has 1 N–H and O–H groups in total. The van der Waals surface area contributed by atoms with Crippen molar-refractivity contribution >= 4 is 17.6 Å². The summed E-state index contributed by atoms with van der Waals surface area (Å²) in [6, 6.07) is 8.06. The molecule has 5 heteroatoms. The Labute approximate surface area is 192 Å². The van der Waals surface area contributed by atoms with Gasteiger partial charge in [-0.2, -0.15) is 0 Å². The number of hydrogen-bond acceptors (Lipinski definition) is 4. The molecule has 0 unspecified atom stereocenters. The van der Waals surface area contributed by atoms with Gasteiger partial charge < -0.3 is 9.84 Å². The Morgan fingerprint density at radius 2 is 2.03 bits per heavy atom. The van der Waals surface area contributed by atoms with Crippen molar-refractivity contribution in [2.75, 3.05) is 13.1 Å². The van der Waals surface area contributed by atoms with Crippen LogP contribution >= 0.6 is 11.6 Å². The van der Waals surface area contributed by atoms with Gasteiger partial charge in [0.15, 0.2) is 0 Å². The molecule has 1 aromatic carbocycles. The maximum absolute atomic E-state index is 11.7. The van der Waals surface area contributed by atoms with Gasteiger partial charge in [-0.25, -0.2) is 0 Å². The van der Waals surface area contributed by atoms with Crippen molar-refractivity contribution in [2.24, 2.45) is 23.7 Å². The van der Waals surface area contributed by atoms with Crippen LogP contribution in [0.25, 0.3) is 0 Å².